The van der Waals surface area contributed by atoms with Crippen LogP contribution in [0.25, 0.3) is 0 Å². The van der Waals surface area contributed by atoms with Gasteiger partial charge in [0.05, 0.1) is 18.8 Å². The van der Waals surface area contributed by atoms with Gasteiger partial charge in [-0.1, -0.05) is 63.6 Å². The van der Waals surface area contributed by atoms with Gasteiger partial charge in [0.2, 0.25) is 11.8 Å². The van der Waals surface area contributed by atoms with E-state index >= 15 is 0 Å². The van der Waals surface area contributed by atoms with Crippen LogP contribution in [0.2, 0.25) is 0 Å². The Kier molecular flexibility index (Phi) is 9.35. The zero-order valence-electron chi connectivity index (χ0n) is 17.3. The molecule has 0 aliphatic carbocycles. The second kappa shape index (κ2) is 11.7. The van der Waals surface area contributed by atoms with E-state index in [1.807, 2.05) is 18.2 Å². The highest BCUT2D eigenvalue weighted by atomic mass is 79.9. The summed E-state index contributed by atoms with van der Waals surface area (Å²) in [5, 5.41) is 8.75. The van der Waals surface area contributed by atoms with Crippen LogP contribution in [-0.4, -0.2) is 24.9 Å². The van der Waals surface area contributed by atoms with E-state index in [1.54, 1.807) is 6.07 Å². The maximum Gasteiger partial charge on any atom is 0.243 e. The normalized spacial score (nSPS) is 11.9. The van der Waals surface area contributed by atoms with Crippen molar-refractivity contribution < 1.29 is 9.59 Å². The summed E-state index contributed by atoms with van der Waals surface area (Å²) < 4.78 is 0.797. The van der Waals surface area contributed by atoms with Crippen molar-refractivity contribution in [3.05, 3.63) is 64.1 Å². The van der Waals surface area contributed by atoms with Crippen molar-refractivity contribution in [2.45, 2.75) is 39.7 Å². The first-order chi connectivity index (χ1) is 13.9. The van der Waals surface area contributed by atoms with Crippen molar-refractivity contribution in [3.63, 3.8) is 0 Å². The SMILES string of the molecule is CCCc1ccc([C@@H](NCC(=O)NCC(=O)Nc2ccccc2Br)C(C)C)cc1. The Morgan fingerprint density at radius 3 is 2.28 bits per heavy atom. The van der Waals surface area contributed by atoms with Crippen LogP contribution in [0.5, 0.6) is 0 Å². The summed E-state index contributed by atoms with van der Waals surface area (Å²) in [6.07, 6.45) is 2.20. The number of anilines is 1. The van der Waals surface area contributed by atoms with Gasteiger partial charge in [0.1, 0.15) is 0 Å². The number of nitrogens with one attached hydrogen (secondary N) is 3. The third kappa shape index (κ3) is 7.63. The summed E-state index contributed by atoms with van der Waals surface area (Å²) >= 11 is 3.38. The number of hydrogen-bond acceptors (Lipinski definition) is 3. The quantitative estimate of drug-likeness (QED) is 0.491. The predicted octanol–water partition coefficient (Wildman–Crippen LogP) is 4.44. The lowest BCUT2D eigenvalue weighted by Crippen LogP contribution is -2.40. The molecule has 0 aromatic heterocycles. The number of carbonyl (C=O) groups is 2. The van der Waals surface area contributed by atoms with Crippen LogP contribution >= 0.6 is 15.9 Å². The predicted molar refractivity (Wildman–Crippen MR) is 122 cm³/mol. The van der Waals surface area contributed by atoms with E-state index in [9.17, 15) is 9.59 Å². The minimum absolute atomic E-state index is 0.0695. The second-order valence-corrected chi connectivity index (χ2v) is 8.25. The summed E-state index contributed by atoms with van der Waals surface area (Å²) in [5.41, 5.74) is 3.17. The molecule has 2 aromatic carbocycles. The molecule has 0 aliphatic heterocycles. The van der Waals surface area contributed by atoms with Gasteiger partial charge < -0.3 is 16.0 Å². The van der Waals surface area contributed by atoms with Crippen molar-refractivity contribution in [2.75, 3.05) is 18.4 Å². The molecular weight excluding hydrogens is 430 g/mol. The van der Waals surface area contributed by atoms with Gasteiger partial charge in [0.15, 0.2) is 0 Å². The van der Waals surface area contributed by atoms with Gasteiger partial charge in [-0.2, -0.15) is 0 Å². The first-order valence-electron chi connectivity index (χ1n) is 10.0. The lowest BCUT2D eigenvalue weighted by molar-refractivity contribution is -0.123. The first-order valence-corrected chi connectivity index (χ1v) is 10.8. The molecule has 0 saturated heterocycles. The van der Waals surface area contributed by atoms with Crippen molar-refractivity contribution in [1.29, 1.82) is 0 Å². The molecule has 5 nitrogen and oxygen atoms in total. The van der Waals surface area contributed by atoms with Gasteiger partial charge in [-0.3, -0.25) is 9.59 Å². The Hall–Kier alpha value is -2.18. The highest BCUT2D eigenvalue weighted by Gasteiger charge is 2.17. The standard InChI is InChI=1S/C23H30BrN3O2/c1-4-7-17-10-12-18(13-11-17)23(16(2)3)26-14-21(28)25-15-22(29)27-20-9-6-5-8-19(20)24/h5-6,8-13,16,23,26H,4,7,14-15H2,1-3H3,(H,25,28)(H,27,29)/t23-/m0/s1. The van der Waals surface area contributed by atoms with Gasteiger partial charge in [0.25, 0.3) is 0 Å². The third-order valence-electron chi connectivity index (χ3n) is 4.62. The number of para-hydroxylation sites is 1. The monoisotopic (exact) mass is 459 g/mol. The van der Waals surface area contributed by atoms with E-state index in [4.69, 9.17) is 0 Å². The van der Waals surface area contributed by atoms with E-state index in [0.29, 0.717) is 11.6 Å². The smallest absolute Gasteiger partial charge is 0.243 e. The fourth-order valence-corrected chi connectivity index (χ4v) is 3.50. The number of aryl methyl sites for hydroxylation is 1. The Morgan fingerprint density at radius 1 is 0.966 bits per heavy atom. The molecule has 0 heterocycles. The van der Waals surface area contributed by atoms with E-state index in [0.717, 1.165) is 17.3 Å². The van der Waals surface area contributed by atoms with Crippen molar-refractivity contribution in [1.82, 2.24) is 10.6 Å². The molecule has 0 fully saturated rings. The number of benzene rings is 2. The van der Waals surface area contributed by atoms with E-state index in [2.05, 4.69) is 76.9 Å². The van der Waals surface area contributed by atoms with Crippen LogP contribution in [0.4, 0.5) is 5.69 Å². The number of hydrogen-bond donors (Lipinski definition) is 3. The minimum atomic E-state index is -0.267. The zero-order valence-corrected chi connectivity index (χ0v) is 18.9. The molecular formula is C23H30BrN3O2. The highest BCUT2D eigenvalue weighted by Crippen LogP contribution is 2.22. The molecule has 0 radical (unpaired) electrons. The molecule has 0 spiro atoms. The van der Waals surface area contributed by atoms with Crippen LogP contribution in [0.1, 0.15) is 44.4 Å². The Bertz CT molecular complexity index is 806. The second-order valence-electron chi connectivity index (χ2n) is 7.40. The lowest BCUT2D eigenvalue weighted by atomic mass is 9.94. The van der Waals surface area contributed by atoms with Crippen LogP contribution in [0.15, 0.2) is 53.0 Å². The fourth-order valence-electron chi connectivity index (χ4n) is 3.12. The first kappa shape index (κ1) is 23.1. The molecule has 2 amide bonds. The van der Waals surface area contributed by atoms with Crippen molar-refractivity contribution in [2.24, 2.45) is 5.92 Å². The molecule has 2 rings (SSSR count). The largest absolute Gasteiger partial charge is 0.346 e. The summed E-state index contributed by atoms with van der Waals surface area (Å²) in [5.74, 6) is -0.142. The van der Waals surface area contributed by atoms with Gasteiger partial charge in [-0.15, -0.1) is 0 Å². The number of amides is 2. The van der Waals surface area contributed by atoms with Gasteiger partial charge in [-0.25, -0.2) is 0 Å². The van der Waals surface area contributed by atoms with Crippen LogP contribution in [0, 0.1) is 5.92 Å². The molecule has 0 aliphatic rings. The average molecular weight is 460 g/mol. The maximum absolute atomic E-state index is 12.2. The average Bonchev–Trinajstić information content (AvgIpc) is 2.69. The van der Waals surface area contributed by atoms with Crippen LogP contribution < -0.4 is 16.0 Å². The fraction of sp³-hybridized carbons (Fsp3) is 0.391. The Balaban J connectivity index is 1.82. The highest BCUT2D eigenvalue weighted by molar-refractivity contribution is 9.10. The topological polar surface area (TPSA) is 70.2 Å². The lowest BCUT2D eigenvalue weighted by Gasteiger charge is -2.23. The Morgan fingerprint density at radius 2 is 1.66 bits per heavy atom. The maximum atomic E-state index is 12.2. The molecule has 6 heteroatoms. The third-order valence-corrected chi connectivity index (χ3v) is 5.31. The number of rotatable bonds is 10. The van der Waals surface area contributed by atoms with Crippen molar-refractivity contribution >= 4 is 33.4 Å². The zero-order chi connectivity index (χ0) is 21.2. The van der Waals surface area contributed by atoms with E-state index < -0.39 is 0 Å². The molecule has 29 heavy (non-hydrogen) atoms. The molecule has 156 valence electrons. The van der Waals surface area contributed by atoms with Gasteiger partial charge in [0, 0.05) is 10.5 Å². The van der Waals surface area contributed by atoms with Gasteiger partial charge in [-0.05, 0) is 51.5 Å². The van der Waals surface area contributed by atoms with E-state index in [-0.39, 0.29) is 30.9 Å². The molecule has 1 atom stereocenters. The van der Waals surface area contributed by atoms with Gasteiger partial charge >= 0.3 is 0 Å². The number of halogens is 1. The minimum Gasteiger partial charge on any atom is -0.346 e. The van der Waals surface area contributed by atoms with E-state index in [1.165, 1.54) is 11.1 Å². The summed E-state index contributed by atoms with van der Waals surface area (Å²) in [6.45, 7) is 6.51. The van der Waals surface area contributed by atoms with Crippen LogP contribution in [-0.2, 0) is 16.0 Å². The molecule has 0 saturated carbocycles. The summed E-state index contributed by atoms with van der Waals surface area (Å²) in [7, 11) is 0. The molecule has 0 bridgehead atoms. The summed E-state index contributed by atoms with van der Waals surface area (Å²) in [4.78, 5) is 24.3. The molecule has 2 aromatic rings. The molecule has 0 unspecified atom stereocenters. The molecule has 3 N–H and O–H groups in total. The van der Waals surface area contributed by atoms with Crippen molar-refractivity contribution in [3.8, 4) is 0 Å². The summed E-state index contributed by atoms with van der Waals surface area (Å²) in [6, 6.07) is 16.0. The van der Waals surface area contributed by atoms with Crippen LogP contribution in [0.3, 0.4) is 0 Å². The Labute approximate surface area is 181 Å². The number of carbonyl (C=O) groups excluding carboxylic acids is 2.